The lowest BCUT2D eigenvalue weighted by Gasteiger charge is -2.22. The number of carbonyl (C=O) groups is 1. The van der Waals surface area contributed by atoms with E-state index in [1.807, 2.05) is 13.8 Å². The summed E-state index contributed by atoms with van der Waals surface area (Å²) in [6.45, 7) is 5.68. The summed E-state index contributed by atoms with van der Waals surface area (Å²) < 4.78 is 4.45. The molecule has 13 heavy (non-hydrogen) atoms. The number of methoxy groups -OCH3 is 1. The van der Waals surface area contributed by atoms with Crippen molar-refractivity contribution in [1.82, 2.24) is 5.32 Å². The SMILES string of the molecule is CCC(C)NCC(C)(O)C(=O)OC. The van der Waals surface area contributed by atoms with E-state index in [-0.39, 0.29) is 12.6 Å². The lowest BCUT2D eigenvalue weighted by atomic mass is 10.1. The summed E-state index contributed by atoms with van der Waals surface area (Å²) in [7, 11) is 1.26. The Labute approximate surface area is 79.3 Å². The van der Waals surface area contributed by atoms with Crippen LogP contribution in [-0.4, -0.2) is 36.4 Å². The molecule has 0 aliphatic heterocycles. The first-order chi connectivity index (χ1) is 5.94. The van der Waals surface area contributed by atoms with Gasteiger partial charge < -0.3 is 15.2 Å². The molecule has 0 amide bonds. The Morgan fingerprint density at radius 3 is 2.62 bits per heavy atom. The zero-order valence-electron chi connectivity index (χ0n) is 8.76. The van der Waals surface area contributed by atoms with Gasteiger partial charge in [0.25, 0.3) is 0 Å². The van der Waals surface area contributed by atoms with Crippen LogP contribution >= 0.6 is 0 Å². The van der Waals surface area contributed by atoms with Gasteiger partial charge in [0.05, 0.1) is 7.11 Å². The molecule has 78 valence electrons. The van der Waals surface area contributed by atoms with Gasteiger partial charge in [-0.25, -0.2) is 4.79 Å². The zero-order valence-corrected chi connectivity index (χ0v) is 8.76. The average Bonchev–Trinajstić information content (AvgIpc) is 2.12. The van der Waals surface area contributed by atoms with E-state index < -0.39 is 11.6 Å². The predicted octanol–water partition coefficient (Wildman–Crippen LogP) is 0.298. The Morgan fingerprint density at radius 1 is 1.69 bits per heavy atom. The number of aliphatic hydroxyl groups is 1. The standard InChI is InChI=1S/C9H19NO3/c1-5-7(2)10-6-9(3,12)8(11)13-4/h7,10,12H,5-6H2,1-4H3. The Kier molecular flexibility index (Phi) is 4.95. The Balaban J connectivity index is 3.95. The third kappa shape index (κ3) is 4.24. The Hall–Kier alpha value is -0.610. The van der Waals surface area contributed by atoms with Crippen molar-refractivity contribution < 1.29 is 14.6 Å². The topological polar surface area (TPSA) is 58.6 Å². The van der Waals surface area contributed by atoms with E-state index in [4.69, 9.17) is 0 Å². The number of ether oxygens (including phenoxy) is 1. The van der Waals surface area contributed by atoms with Crippen molar-refractivity contribution in [2.24, 2.45) is 0 Å². The van der Waals surface area contributed by atoms with E-state index in [1.54, 1.807) is 0 Å². The third-order valence-electron chi connectivity index (χ3n) is 2.03. The van der Waals surface area contributed by atoms with Crippen LogP contribution in [0, 0.1) is 0 Å². The lowest BCUT2D eigenvalue weighted by molar-refractivity contribution is -0.160. The quantitative estimate of drug-likeness (QED) is 0.611. The van der Waals surface area contributed by atoms with Crippen LogP contribution in [-0.2, 0) is 9.53 Å². The second kappa shape index (κ2) is 5.19. The van der Waals surface area contributed by atoms with E-state index in [1.165, 1.54) is 14.0 Å². The van der Waals surface area contributed by atoms with Gasteiger partial charge in [0, 0.05) is 12.6 Å². The maximum atomic E-state index is 11.0. The molecule has 0 aromatic carbocycles. The molecular weight excluding hydrogens is 170 g/mol. The molecule has 4 heteroatoms. The molecule has 2 unspecified atom stereocenters. The van der Waals surface area contributed by atoms with E-state index in [0.717, 1.165) is 6.42 Å². The van der Waals surface area contributed by atoms with Gasteiger partial charge in [-0.05, 0) is 20.3 Å². The van der Waals surface area contributed by atoms with Gasteiger partial charge in [0.15, 0.2) is 5.60 Å². The smallest absolute Gasteiger partial charge is 0.338 e. The van der Waals surface area contributed by atoms with Gasteiger partial charge in [-0.15, -0.1) is 0 Å². The van der Waals surface area contributed by atoms with Gasteiger partial charge in [0.2, 0.25) is 0 Å². The zero-order chi connectivity index (χ0) is 10.5. The molecule has 0 aromatic rings. The summed E-state index contributed by atoms with van der Waals surface area (Å²) in [6, 6.07) is 0.288. The summed E-state index contributed by atoms with van der Waals surface area (Å²) in [5.41, 5.74) is -1.43. The Morgan fingerprint density at radius 2 is 2.23 bits per heavy atom. The third-order valence-corrected chi connectivity index (χ3v) is 2.03. The largest absolute Gasteiger partial charge is 0.467 e. The van der Waals surface area contributed by atoms with Crippen molar-refractivity contribution in [3.05, 3.63) is 0 Å². The highest BCUT2D eigenvalue weighted by atomic mass is 16.5. The predicted molar refractivity (Wildman–Crippen MR) is 50.4 cm³/mol. The maximum Gasteiger partial charge on any atom is 0.338 e. The first-order valence-corrected chi connectivity index (χ1v) is 4.48. The minimum Gasteiger partial charge on any atom is -0.467 e. The highest BCUT2D eigenvalue weighted by Gasteiger charge is 2.31. The first kappa shape index (κ1) is 12.4. The number of rotatable bonds is 5. The van der Waals surface area contributed by atoms with Crippen LogP contribution in [0.2, 0.25) is 0 Å². The molecule has 2 N–H and O–H groups in total. The summed E-state index contributed by atoms with van der Waals surface area (Å²) >= 11 is 0. The maximum absolute atomic E-state index is 11.0. The van der Waals surface area contributed by atoms with Crippen LogP contribution in [0.25, 0.3) is 0 Å². The van der Waals surface area contributed by atoms with Gasteiger partial charge in [-0.2, -0.15) is 0 Å². The molecule has 0 rings (SSSR count). The number of hydrogen-bond donors (Lipinski definition) is 2. The molecule has 0 aliphatic carbocycles. The van der Waals surface area contributed by atoms with Crippen LogP contribution in [0.5, 0.6) is 0 Å². The number of carbonyl (C=O) groups excluding carboxylic acids is 1. The van der Waals surface area contributed by atoms with Crippen LogP contribution in [0.3, 0.4) is 0 Å². The fourth-order valence-corrected chi connectivity index (χ4v) is 0.809. The number of hydrogen-bond acceptors (Lipinski definition) is 4. The van der Waals surface area contributed by atoms with E-state index in [2.05, 4.69) is 10.1 Å². The normalized spacial score (nSPS) is 17.6. The monoisotopic (exact) mass is 189 g/mol. The highest BCUT2D eigenvalue weighted by Crippen LogP contribution is 2.04. The number of nitrogens with one attached hydrogen (secondary N) is 1. The molecule has 0 saturated heterocycles. The highest BCUT2D eigenvalue weighted by molar-refractivity contribution is 5.78. The summed E-state index contributed by atoms with van der Waals surface area (Å²) in [6.07, 6.45) is 0.956. The summed E-state index contributed by atoms with van der Waals surface area (Å²) in [5, 5.41) is 12.6. The van der Waals surface area contributed by atoms with E-state index in [0.29, 0.717) is 0 Å². The van der Waals surface area contributed by atoms with Crippen molar-refractivity contribution in [3.63, 3.8) is 0 Å². The summed E-state index contributed by atoms with van der Waals surface area (Å²) in [5.74, 6) is -0.608. The molecular formula is C9H19NO3. The fraction of sp³-hybridized carbons (Fsp3) is 0.889. The molecule has 0 spiro atoms. The lowest BCUT2D eigenvalue weighted by Crippen LogP contribution is -2.47. The second-order valence-corrected chi connectivity index (χ2v) is 3.46. The van der Waals surface area contributed by atoms with Crippen molar-refractivity contribution >= 4 is 5.97 Å². The van der Waals surface area contributed by atoms with Gasteiger partial charge in [-0.1, -0.05) is 6.92 Å². The van der Waals surface area contributed by atoms with E-state index >= 15 is 0 Å². The van der Waals surface area contributed by atoms with Gasteiger partial charge in [-0.3, -0.25) is 0 Å². The average molecular weight is 189 g/mol. The van der Waals surface area contributed by atoms with Crippen molar-refractivity contribution in [2.75, 3.05) is 13.7 Å². The number of esters is 1. The molecule has 4 nitrogen and oxygen atoms in total. The Bertz CT molecular complexity index is 168. The first-order valence-electron chi connectivity index (χ1n) is 4.48. The second-order valence-electron chi connectivity index (χ2n) is 3.46. The van der Waals surface area contributed by atoms with Crippen molar-refractivity contribution in [2.45, 2.75) is 38.8 Å². The van der Waals surface area contributed by atoms with Crippen LogP contribution < -0.4 is 5.32 Å². The molecule has 0 bridgehead atoms. The van der Waals surface area contributed by atoms with Crippen LogP contribution in [0.15, 0.2) is 0 Å². The van der Waals surface area contributed by atoms with Crippen LogP contribution in [0.4, 0.5) is 0 Å². The minimum absolute atomic E-state index is 0.217. The molecule has 0 aliphatic rings. The molecule has 2 atom stereocenters. The molecule has 0 saturated carbocycles. The minimum atomic E-state index is -1.43. The summed E-state index contributed by atoms with van der Waals surface area (Å²) in [4.78, 5) is 11.0. The van der Waals surface area contributed by atoms with E-state index in [9.17, 15) is 9.90 Å². The molecule has 0 aromatic heterocycles. The molecule has 0 heterocycles. The fourth-order valence-electron chi connectivity index (χ4n) is 0.809. The van der Waals surface area contributed by atoms with Gasteiger partial charge >= 0.3 is 5.97 Å². The molecule has 0 radical (unpaired) electrons. The van der Waals surface area contributed by atoms with Crippen molar-refractivity contribution in [1.29, 1.82) is 0 Å². The van der Waals surface area contributed by atoms with Crippen molar-refractivity contribution in [3.8, 4) is 0 Å². The van der Waals surface area contributed by atoms with Gasteiger partial charge in [0.1, 0.15) is 0 Å². The van der Waals surface area contributed by atoms with Crippen LogP contribution in [0.1, 0.15) is 27.2 Å². The molecule has 0 fully saturated rings.